The topological polar surface area (TPSA) is 84.8 Å². The summed E-state index contributed by atoms with van der Waals surface area (Å²) in [6.07, 6.45) is 1.43. The predicted octanol–water partition coefficient (Wildman–Crippen LogP) is 4.21. The van der Waals surface area contributed by atoms with Gasteiger partial charge in [-0.1, -0.05) is 53.8 Å². The van der Waals surface area contributed by atoms with E-state index in [0.717, 1.165) is 16.9 Å². The second kappa shape index (κ2) is 7.05. The zero-order chi connectivity index (χ0) is 18.8. The summed E-state index contributed by atoms with van der Waals surface area (Å²) in [5, 5.41) is 3.07. The Morgan fingerprint density at radius 1 is 0.926 bits per heavy atom. The number of rotatable bonds is 4. The van der Waals surface area contributed by atoms with Crippen molar-refractivity contribution in [2.45, 2.75) is 6.92 Å². The molecule has 7 heteroatoms. The summed E-state index contributed by atoms with van der Waals surface area (Å²) < 4.78 is 0. The van der Waals surface area contributed by atoms with Crippen LogP contribution in [0.4, 0.5) is 5.13 Å². The Morgan fingerprint density at radius 2 is 1.63 bits per heavy atom. The van der Waals surface area contributed by atoms with Gasteiger partial charge in [-0.05, 0) is 12.1 Å². The number of nitrogens with one attached hydrogen (secondary N) is 1. The summed E-state index contributed by atoms with van der Waals surface area (Å²) in [5.41, 5.74) is 2.93. The second-order valence-corrected chi connectivity index (χ2v) is 6.82. The summed E-state index contributed by atoms with van der Waals surface area (Å²) in [6.45, 7) is 1.49. The standard InChI is InChI=1S/C20H14N4O2S/c1-12(25)18-17(13-7-3-2-4-8-13)23-20(27-18)24-19(26)16-11-21-14-9-5-6-10-15(14)22-16/h2-11H,1H3,(H,23,24,26). The lowest BCUT2D eigenvalue weighted by molar-refractivity contribution is 0.101. The molecule has 0 aliphatic heterocycles. The number of hydrogen-bond donors (Lipinski definition) is 1. The van der Waals surface area contributed by atoms with E-state index in [-0.39, 0.29) is 11.5 Å². The molecule has 6 nitrogen and oxygen atoms in total. The van der Waals surface area contributed by atoms with Crippen LogP contribution in [0, 0.1) is 0 Å². The summed E-state index contributed by atoms with van der Waals surface area (Å²) in [6, 6.07) is 16.7. The van der Waals surface area contributed by atoms with Crippen LogP contribution in [0.3, 0.4) is 0 Å². The monoisotopic (exact) mass is 374 g/mol. The first kappa shape index (κ1) is 17.0. The maximum atomic E-state index is 12.6. The van der Waals surface area contributed by atoms with Crippen LogP contribution in [0.2, 0.25) is 0 Å². The zero-order valence-corrected chi connectivity index (χ0v) is 15.2. The molecular formula is C20H14N4O2S. The molecule has 0 saturated heterocycles. The van der Waals surface area contributed by atoms with E-state index in [1.165, 1.54) is 13.1 Å². The lowest BCUT2D eigenvalue weighted by Gasteiger charge is -2.02. The van der Waals surface area contributed by atoms with Gasteiger partial charge in [0.25, 0.3) is 5.91 Å². The number of thiazole rings is 1. The summed E-state index contributed by atoms with van der Waals surface area (Å²) >= 11 is 1.15. The van der Waals surface area contributed by atoms with Gasteiger partial charge in [0.05, 0.1) is 27.8 Å². The van der Waals surface area contributed by atoms with Crippen molar-refractivity contribution >= 4 is 39.2 Å². The molecule has 0 bridgehead atoms. The molecule has 0 unspecified atom stereocenters. The van der Waals surface area contributed by atoms with Gasteiger partial charge >= 0.3 is 0 Å². The highest BCUT2D eigenvalue weighted by atomic mass is 32.1. The van der Waals surface area contributed by atoms with Gasteiger partial charge in [-0.15, -0.1) is 0 Å². The largest absolute Gasteiger partial charge is 0.296 e. The van der Waals surface area contributed by atoms with Crippen molar-refractivity contribution in [3.8, 4) is 11.3 Å². The van der Waals surface area contributed by atoms with Crippen molar-refractivity contribution in [2.24, 2.45) is 0 Å². The quantitative estimate of drug-likeness (QED) is 0.541. The molecule has 0 aliphatic carbocycles. The minimum absolute atomic E-state index is 0.0997. The number of ketones is 1. The van der Waals surface area contributed by atoms with Crippen molar-refractivity contribution in [2.75, 3.05) is 5.32 Å². The molecule has 1 N–H and O–H groups in total. The molecule has 0 saturated carbocycles. The molecule has 1 amide bonds. The predicted molar refractivity (Wildman–Crippen MR) is 105 cm³/mol. The number of carbonyl (C=O) groups is 2. The van der Waals surface area contributed by atoms with Gasteiger partial charge in [0, 0.05) is 12.5 Å². The number of para-hydroxylation sites is 2. The number of benzene rings is 2. The number of Topliss-reactive ketones (excluding diaryl/α,β-unsaturated/α-hetero) is 1. The lowest BCUT2D eigenvalue weighted by Crippen LogP contribution is -2.14. The van der Waals surface area contributed by atoms with E-state index in [4.69, 9.17) is 0 Å². The van der Waals surface area contributed by atoms with Crippen LogP contribution in [-0.2, 0) is 0 Å². The normalized spacial score (nSPS) is 10.7. The van der Waals surface area contributed by atoms with Gasteiger partial charge in [-0.3, -0.25) is 19.9 Å². The highest BCUT2D eigenvalue weighted by Gasteiger charge is 2.19. The number of fused-ring (bicyclic) bond motifs is 1. The van der Waals surface area contributed by atoms with Gasteiger partial charge in [-0.25, -0.2) is 9.97 Å². The number of anilines is 1. The molecule has 132 valence electrons. The Kier molecular flexibility index (Phi) is 4.43. The van der Waals surface area contributed by atoms with E-state index >= 15 is 0 Å². The summed E-state index contributed by atoms with van der Waals surface area (Å²) in [7, 11) is 0. The van der Waals surface area contributed by atoms with E-state index < -0.39 is 5.91 Å². The van der Waals surface area contributed by atoms with E-state index in [2.05, 4.69) is 20.3 Å². The molecule has 2 aromatic carbocycles. The minimum Gasteiger partial charge on any atom is -0.296 e. The number of hydrogen-bond acceptors (Lipinski definition) is 6. The number of nitrogens with zero attached hydrogens (tertiary/aromatic N) is 3. The van der Waals surface area contributed by atoms with Crippen molar-refractivity contribution in [1.82, 2.24) is 15.0 Å². The molecule has 0 radical (unpaired) electrons. The average molecular weight is 374 g/mol. The van der Waals surface area contributed by atoms with E-state index in [9.17, 15) is 9.59 Å². The molecule has 4 aromatic rings. The summed E-state index contributed by atoms with van der Waals surface area (Å²) in [5.74, 6) is -0.519. The van der Waals surface area contributed by atoms with Crippen LogP contribution in [0.15, 0.2) is 60.8 Å². The van der Waals surface area contributed by atoms with Gasteiger partial charge in [0.2, 0.25) is 0 Å². The van der Waals surface area contributed by atoms with Crippen molar-refractivity contribution in [1.29, 1.82) is 0 Å². The fraction of sp³-hybridized carbons (Fsp3) is 0.0500. The van der Waals surface area contributed by atoms with Crippen LogP contribution >= 0.6 is 11.3 Å². The zero-order valence-electron chi connectivity index (χ0n) is 14.3. The van der Waals surface area contributed by atoms with E-state index in [1.54, 1.807) is 6.07 Å². The highest BCUT2D eigenvalue weighted by molar-refractivity contribution is 7.18. The van der Waals surface area contributed by atoms with Crippen LogP contribution in [0.5, 0.6) is 0 Å². The number of amides is 1. The second-order valence-electron chi connectivity index (χ2n) is 5.82. The Balaban J connectivity index is 1.65. The Labute approximate surface area is 158 Å². The molecular weight excluding hydrogens is 360 g/mol. The Bertz CT molecular complexity index is 1160. The van der Waals surface area contributed by atoms with Crippen molar-refractivity contribution < 1.29 is 9.59 Å². The molecule has 0 fully saturated rings. The van der Waals surface area contributed by atoms with Crippen molar-refractivity contribution in [3.05, 3.63) is 71.4 Å². The number of carbonyl (C=O) groups excluding carboxylic acids is 2. The average Bonchev–Trinajstić information content (AvgIpc) is 3.12. The van der Waals surface area contributed by atoms with Gasteiger partial charge in [-0.2, -0.15) is 0 Å². The SMILES string of the molecule is CC(=O)c1sc(NC(=O)c2cnc3ccccc3n2)nc1-c1ccccc1. The van der Waals surface area contributed by atoms with Gasteiger partial charge in [0.1, 0.15) is 5.69 Å². The lowest BCUT2D eigenvalue weighted by atomic mass is 10.1. The summed E-state index contributed by atoms with van der Waals surface area (Å²) in [4.78, 5) is 38.1. The highest BCUT2D eigenvalue weighted by Crippen LogP contribution is 2.31. The fourth-order valence-corrected chi connectivity index (χ4v) is 3.51. The van der Waals surface area contributed by atoms with Crippen LogP contribution in [0.1, 0.15) is 27.1 Å². The third kappa shape index (κ3) is 3.45. The van der Waals surface area contributed by atoms with E-state index in [1.807, 2.05) is 48.5 Å². The smallest absolute Gasteiger partial charge is 0.277 e. The maximum absolute atomic E-state index is 12.6. The van der Waals surface area contributed by atoms with E-state index in [0.29, 0.717) is 26.7 Å². The third-order valence-electron chi connectivity index (χ3n) is 3.90. The van der Waals surface area contributed by atoms with Crippen LogP contribution in [-0.4, -0.2) is 26.6 Å². The molecule has 0 atom stereocenters. The van der Waals surface area contributed by atoms with Crippen LogP contribution in [0.25, 0.3) is 22.3 Å². The maximum Gasteiger partial charge on any atom is 0.277 e. The molecule has 27 heavy (non-hydrogen) atoms. The molecule has 0 spiro atoms. The molecule has 4 rings (SSSR count). The molecule has 2 heterocycles. The minimum atomic E-state index is -0.420. The third-order valence-corrected chi connectivity index (χ3v) is 4.97. The van der Waals surface area contributed by atoms with Crippen LogP contribution < -0.4 is 5.32 Å². The number of aromatic nitrogens is 3. The Hall–Kier alpha value is -3.45. The fourth-order valence-electron chi connectivity index (χ4n) is 2.63. The Morgan fingerprint density at radius 3 is 2.37 bits per heavy atom. The first-order chi connectivity index (χ1) is 13.1. The van der Waals surface area contributed by atoms with Gasteiger partial charge in [0.15, 0.2) is 10.9 Å². The van der Waals surface area contributed by atoms with Gasteiger partial charge < -0.3 is 0 Å². The first-order valence-electron chi connectivity index (χ1n) is 8.22. The molecule has 0 aliphatic rings. The van der Waals surface area contributed by atoms with Crippen molar-refractivity contribution in [3.63, 3.8) is 0 Å². The first-order valence-corrected chi connectivity index (χ1v) is 9.04. The molecule has 2 aromatic heterocycles.